The van der Waals surface area contributed by atoms with Gasteiger partial charge in [0, 0.05) is 12.5 Å². The molecule has 2 aromatic carbocycles. The Hall–Kier alpha value is -2.86. The highest BCUT2D eigenvalue weighted by molar-refractivity contribution is 5.85. The van der Waals surface area contributed by atoms with Crippen LogP contribution >= 0.6 is 0 Å². The van der Waals surface area contributed by atoms with Crippen LogP contribution in [-0.4, -0.2) is 41.0 Å². The largest absolute Gasteiger partial charge is 0.480 e. The molecule has 1 fully saturated rings. The summed E-state index contributed by atoms with van der Waals surface area (Å²) in [6.45, 7) is 0.0559. The SMILES string of the molecule is O=C(NC1(C(=O)O)CC(CO)C1)OCC1c2ccccc2-c2ccccc21. The lowest BCUT2D eigenvalue weighted by Crippen LogP contribution is -2.63. The molecule has 2 aliphatic rings. The Labute approximate surface area is 156 Å². The Bertz CT molecular complexity index is 842. The van der Waals surface area contributed by atoms with Crippen molar-refractivity contribution in [3.63, 3.8) is 0 Å². The molecule has 1 amide bonds. The zero-order valence-corrected chi connectivity index (χ0v) is 14.7. The molecule has 0 atom stereocenters. The van der Waals surface area contributed by atoms with E-state index in [-0.39, 0.29) is 37.9 Å². The van der Waals surface area contributed by atoms with Crippen LogP contribution in [0, 0.1) is 5.92 Å². The van der Waals surface area contributed by atoms with E-state index in [1.807, 2.05) is 36.4 Å². The first-order valence-corrected chi connectivity index (χ1v) is 9.01. The van der Waals surface area contributed by atoms with E-state index in [1.165, 1.54) is 0 Å². The smallest absolute Gasteiger partial charge is 0.408 e. The molecule has 2 aliphatic carbocycles. The van der Waals surface area contributed by atoms with Crippen LogP contribution in [0.4, 0.5) is 4.79 Å². The highest BCUT2D eigenvalue weighted by atomic mass is 16.5. The van der Waals surface area contributed by atoms with Gasteiger partial charge >= 0.3 is 12.1 Å². The van der Waals surface area contributed by atoms with E-state index >= 15 is 0 Å². The Balaban J connectivity index is 1.46. The van der Waals surface area contributed by atoms with Crippen LogP contribution in [0.2, 0.25) is 0 Å². The Morgan fingerprint density at radius 3 is 2.11 bits per heavy atom. The Morgan fingerprint density at radius 2 is 1.59 bits per heavy atom. The summed E-state index contributed by atoms with van der Waals surface area (Å²) in [7, 11) is 0. The molecule has 0 aromatic heterocycles. The first-order chi connectivity index (χ1) is 13.0. The van der Waals surface area contributed by atoms with Crippen LogP contribution < -0.4 is 5.32 Å². The first kappa shape index (κ1) is 17.5. The van der Waals surface area contributed by atoms with Crippen molar-refractivity contribution in [2.45, 2.75) is 24.3 Å². The van der Waals surface area contributed by atoms with E-state index in [1.54, 1.807) is 0 Å². The number of hydrogen-bond acceptors (Lipinski definition) is 4. The van der Waals surface area contributed by atoms with Crippen LogP contribution in [0.15, 0.2) is 48.5 Å². The minimum atomic E-state index is -1.34. The van der Waals surface area contributed by atoms with Crippen LogP contribution in [0.3, 0.4) is 0 Å². The van der Waals surface area contributed by atoms with Crippen molar-refractivity contribution < 1.29 is 24.5 Å². The second-order valence-corrected chi connectivity index (χ2v) is 7.29. The number of carboxylic acids is 1. The topological polar surface area (TPSA) is 95.9 Å². The van der Waals surface area contributed by atoms with Gasteiger partial charge in [-0.3, -0.25) is 0 Å². The van der Waals surface area contributed by atoms with Gasteiger partial charge in [0.25, 0.3) is 0 Å². The molecule has 3 N–H and O–H groups in total. The minimum Gasteiger partial charge on any atom is -0.480 e. The molecule has 6 heteroatoms. The van der Waals surface area contributed by atoms with Gasteiger partial charge in [0.05, 0.1) is 0 Å². The molecule has 0 heterocycles. The zero-order chi connectivity index (χ0) is 19.0. The van der Waals surface area contributed by atoms with Crippen molar-refractivity contribution in [1.29, 1.82) is 0 Å². The molecule has 0 bridgehead atoms. The van der Waals surface area contributed by atoms with Gasteiger partial charge in [0.2, 0.25) is 0 Å². The Kier molecular flexibility index (Phi) is 4.36. The van der Waals surface area contributed by atoms with Gasteiger partial charge in [-0.2, -0.15) is 0 Å². The fourth-order valence-corrected chi connectivity index (χ4v) is 4.21. The van der Waals surface area contributed by atoms with Gasteiger partial charge in [-0.05, 0) is 41.0 Å². The molecule has 0 saturated heterocycles. The van der Waals surface area contributed by atoms with E-state index in [0.29, 0.717) is 0 Å². The molecule has 0 aliphatic heterocycles. The van der Waals surface area contributed by atoms with Crippen molar-refractivity contribution in [3.8, 4) is 11.1 Å². The molecule has 140 valence electrons. The molecule has 1 saturated carbocycles. The van der Waals surface area contributed by atoms with Gasteiger partial charge in [0.1, 0.15) is 12.1 Å². The summed E-state index contributed by atoms with van der Waals surface area (Å²) in [5, 5.41) is 21.1. The van der Waals surface area contributed by atoms with Gasteiger partial charge in [-0.25, -0.2) is 9.59 Å². The second kappa shape index (κ2) is 6.70. The van der Waals surface area contributed by atoms with Crippen LogP contribution in [0.1, 0.15) is 29.9 Å². The summed E-state index contributed by atoms with van der Waals surface area (Å²) >= 11 is 0. The predicted molar refractivity (Wildman–Crippen MR) is 98.4 cm³/mol. The Morgan fingerprint density at radius 1 is 1.04 bits per heavy atom. The van der Waals surface area contributed by atoms with E-state index < -0.39 is 17.6 Å². The number of aliphatic hydroxyl groups is 1. The van der Waals surface area contributed by atoms with Gasteiger partial charge in [0.15, 0.2) is 0 Å². The zero-order valence-electron chi connectivity index (χ0n) is 14.7. The fraction of sp³-hybridized carbons (Fsp3) is 0.333. The summed E-state index contributed by atoms with van der Waals surface area (Å²) in [6.07, 6.45) is -0.317. The van der Waals surface area contributed by atoms with E-state index in [4.69, 9.17) is 9.84 Å². The lowest BCUT2D eigenvalue weighted by molar-refractivity contribution is -0.151. The molecule has 0 unspecified atom stereocenters. The van der Waals surface area contributed by atoms with Crippen molar-refractivity contribution in [1.82, 2.24) is 5.32 Å². The molecule has 6 nitrogen and oxygen atoms in total. The molecular weight excluding hydrogens is 346 g/mol. The molecule has 2 aromatic rings. The number of ether oxygens (including phenoxy) is 1. The molecule has 0 spiro atoms. The monoisotopic (exact) mass is 367 g/mol. The number of benzene rings is 2. The molecular formula is C21H21NO5. The lowest BCUT2D eigenvalue weighted by atomic mass is 9.68. The highest BCUT2D eigenvalue weighted by Crippen LogP contribution is 2.44. The van der Waals surface area contributed by atoms with Crippen molar-refractivity contribution >= 4 is 12.1 Å². The highest BCUT2D eigenvalue weighted by Gasteiger charge is 2.51. The van der Waals surface area contributed by atoms with Gasteiger partial charge in [-0.1, -0.05) is 48.5 Å². The summed E-state index contributed by atoms with van der Waals surface area (Å²) in [5.74, 6) is -1.27. The molecule has 0 radical (unpaired) electrons. The third-order valence-corrected chi connectivity index (χ3v) is 5.63. The van der Waals surface area contributed by atoms with Crippen LogP contribution in [0.5, 0.6) is 0 Å². The number of fused-ring (bicyclic) bond motifs is 3. The molecule has 27 heavy (non-hydrogen) atoms. The number of nitrogens with one attached hydrogen (secondary N) is 1. The average molecular weight is 367 g/mol. The maximum atomic E-state index is 12.3. The normalized spacial score (nSPS) is 23.1. The number of carboxylic acid groups (broad SMARTS) is 1. The maximum Gasteiger partial charge on any atom is 0.408 e. The number of carbonyl (C=O) groups excluding carboxylic acids is 1. The third-order valence-electron chi connectivity index (χ3n) is 5.63. The summed E-state index contributed by atoms with van der Waals surface area (Å²) in [5.41, 5.74) is 3.13. The average Bonchev–Trinajstić information content (AvgIpc) is 2.96. The third kappa shape index (κ3) is 2.96. The van der Waals surface area contributed by atoms with Crippen LogP contribution in [0.25, 0.3) is 11.1 Å². The first-order valence-electron chi connectivity index (χ1n) is 9.01. The summed E-state index contributed by atoms with van der Waals surface area (Å²) < 4.78 is 5.41. The molecule has 4 rings (SSSR count). The van der Waals surface area contributed by atoms with Crippen molar-refractivity contribution in [3.05, 3.63) is 59.7 Å². The van der Waals surface area contributed by atoms with E-state index in [9.17, 15) is 14.7 Å². The summed E-state index contributed by atoms with van der Waals surface area (Å²) in [4.78, 5) is 23.8. The number of aliphatic hydroxyl groups excluding tert-OH is 1. The van der Waals surface area contributed by atoms with Crippen LogP contribution in [-0.2, 0) is 9.53 Å². The number of alkyl carbamates (subject to hydrolysis) is 1. The number of amides is 1. The quantitative estimate of drug-likeness (QED) is 0.755. The van der Waals surface area contributed by atoms with Crippen molar-refractivity contribution in [2.24, 2.45) is 5.92 Å². The lowest BCUT2D eigenvalue weighted by Gasteiger charge is -2.43. The number of aliphatic carboxylic acids is 1. The van der Waals surface area contributed by atoms with E-state index in [0.717, 1.165) is 22.3 Å². The number of carbonyl (C=O) groups is 2. The van der Waals surface area contributed by atoms with Crippen molar-refractivity contribution in [2.75, 3.05) is 13.2 Å². The predicted octanol–water partition coefficient (Wildman–Crippen LogP) is 2.75. The second-order valence-electron chi connectivity index (χ2n) is 7.29. The fourth-order valence-electron chi connectivity index (χ4n) is 4.21. The summed E-state index contributed by atoms with van der Waals surface area (Å²) in [6, 6.07) is 16.0. The van der Waals surface area contributed by atoms with Gasteiger partial charge < -0.3 is 20.3 Å². The minimum absolute atomic E-state index is 0.0736. The number of hydrogen-bond donors (Lipinski definition) is 3. The van der Waals surface area contributed by atoms with E-state index in [2.05, 4.69) is 17.4 Å². The standard InChI is InChI=1S/C21H21NO5/c23-11-13-9-21(10-13,19(24)25)22-20(26)27-12-18-16-7-3-1-5-14(16)15-6-2-4-8-17(15)18/h1-8,13,18,23H,9-12H2,(H,22,26)(H,24,25). The maximum absolute atomic E-state index is 12.3. The number of rotatable bonds is 5. The van der Waals surface area contributed by atoms with Gasteiger partial charge in [-0.15, -0.1) is 0 Å².